The number of nitrogens with zero attached hydrogens (tertiary/aromatic N) is 5. The van der Waals surface area contributed by atoms with Crippen LogP contribution in [-0.2, 0) is 4.79 Å². The molecule has 0 aliphatic carbocycles. The van der Waals surface area contributed by atoms with E-state index < -0.39 is 0 Å². The molecule has 0 aromatic carbocycles. The van der Waals surface area contributed by atoms with E-state index >= 15 is 0 Å². The lowest BCUT2D eigenvalue weighted by Gasteiger charge is -2.32. The first-order valence-electron chi connectivity index (χ1n) is 6.80. The minimum atomic E-state index is 0.128. The molecule has 2 aromatic heterocycles. The van der Waals surface area contributed by atoms with Crippen molar-refractivity contribution in [3.63, 3.8) is 0 Å². The van der Waals surface area contributed by atoms with Crippen molar-refractivity contribution < 1.29 is 4.79 Å². The molecular formula is C14H17N5O. The SMILES string of the molecule is CC(=O)N1CCCC(c2nccnc2-n2ccnc2)C1. The van der Waals surface area contributed by atoms with E-state index in [0.29, 0.717) is 0 Å². The maximum absolute atomic E-state index is 11.6. The average molecular weight is 271 g/mol. The fourth-order valence-corrected chi connectivity index (χ4v) is 2.70. The molecule has 0 N–H and O–H groups in total. The Morgan fingerprint density at radius 3 is 2.90 bits per heavy atom. The summed E-state index contributed by atoms with van der Waals surface area (Å²) in [4.78, 5) is 26.4. The molecule has 0 radical (unpaired) electrons. The van der Waals surface area contributed by atoms with Crippen molar-refractivity contribution in [3.8, 4) is 5.82 Å². The van der Waals surface area contributed by atoms with Crippen molar-refractivity contribution in [2.75, 3.05) is 13.1 Å². The maximum atomic E-state index is 11.6. The van der Waals surface area contributed by atoms with Crippen LogP contribution in [-0.4, -0.2) is 43.4 Å². The Balaban J connectivity index is 1.92. The lowest BCUT2D eigenvalue weighted by atomic mass is 9.94. The number of hydrogen-bond donors (Lipinski definition) is 0. The van der Waals surface area contributed by atoms with E-state index in [2.05, 4.69) is 15.0 Å². The Hall–Kier alpha value is -2.24. The molecule has 1 amide bonds. The lowest BCUT2D eigenvalue weighted by molar-refractivity contribution is -0.130. The molecule has 6 nitrogen and oxygen atoms in total. The molecule has 0 bridgehead atoms. The molecule has 0 saturated carbocycles. The van der Waals surface area contributed by atoms with E-state index in [1.54, 1.807) is 31.8 Å². The third-order valence-electron chi connectivity index (χ3n) is 3.71. The molecule has 3 rings (SSSR count). The topological polar surface area (TPSA) is 63.9 Å². The van der Waals surface area contributed by atoms with Gasteiger partial charge >= 0.3 is 0 Å². The number of piperidine rings is 1. The number of aromatic nitrogens is 4. The van der Waals surface area contributed by atoms with E-state index in [9.17, 15) is 4.79 Å². The second-order valence-electron chi connectivity index (χ2n) is 5.04. The van der Waals surface area contributed by atoms with Crippen LogP contribution in [0.4, 0.5) is 0 Å². The van der Waals surface area contributed by atoms with Crippen LogP contribution in [0.15, 0.2) is 31.1 Å². The number of carbonyl (C=O) groups excluding carboxylic acids is 1. The van der Waals surface area contributed by atoms with E-state index in [0.717, 1.165) is 37.4 Å². The first kappa shape index (κ1) is 12.8. The predicted molar refractivity (Wildman–Crippen MR) is 73.4 cm³/mol. The second-order valence-corrected chi connectivity index (χ2v) is 5.04. The van der Waals surface area contributed by atoms with Crippen LogP contribution in [0.3, 0.4) is 0 Å². The van der Waals surface area contributed by atoms with Crippen molar-refractivity contribution in [2.24, 2.45) is 0 Å². The van der Waals surface area contributed by atoms with Gasteiger partial charge in [0.25, 0.3) is 0 Å². The van der Waals surface area contributed by atoms with Gasteiger partial charge in [-0.2, -0.15) is 0 Å². The largest absolute Gasteiger partial charge is 0.342 e. The molecule has 1 atom stereocenters. The highest BCUT2D eigenvalue weighted by Crippen LogP contribution is 2.28. The fraction of sp³-hybridized carbons (Fsp3) is 0.429. The number of amides is 1. The summed E-state index contributed by atoms with van der Waals surface area (Å²) in [6, 6.07) is 0. The summed E-state index contributed by atoms with van der Waals surface area (Å²) >= 11 is 0. The zero-order valence-electron chi connectivity index (χ0n) is 11.4. The number of rotatable bonds is 2. The van der Waals surface area contributed by atoms with Crippen LogP contribution in [0, 0.1) is 0 Å². The van der Waals surface area contributed by atoms with Gasteiger partial charge in [0.15, 0.2) is 5.82 Å². The highest BCUT2D eigenvalue weighted by molar-refractivity contribution is 5.73. The normalized spacial score (nSPS) is 19.1. The molecule has 1 unspecified atom stereocenters. The van der Waals surface area contributed by atoms with Crippen LogP contribution >= 0.6 is 0 Å². The molecular weight excluding hydrogens is 254 g/mol. The number of imidazole rings is 1. The smallest absolute Gasteiger partial charge is 0.219 e. The van der Waals surface area contributed by atoms with E-state index in [-0.39, 0.29) is 11.8 Å². The summed E-state index contributed by atoms with van der Waals surface area (Å²) in [7, 11) is 0. The number of likely N-dealkylation sites (tertiary alicyclic amines) is 1. The highest BCUT2D eigenvalue weighted by Gasteiger charge is 2.26. The molecule has 0 spiro atoms. The summed E-state index contributed by atoms with van der Waals surface area (Å²) in [5, 5.41) is 0. The van der Waals surface area contributed by atoms with Gasteiger partial charge in [-0.25, -0.2) is 9.97 Å². The standard InChI is InChI=1S/C14H17N5O/c1-11(20)18-7-2-3-12(9-18)13-14(17-5-4-16-13)19-8-6-15-10-19/h4-6,8,10,12H,2-3,7,9H2,1H3. The van der Waals surface area contributed by atoms with Gasteiger partial charge in [0, 0.05) is 50.7 Å². The summed E-state index contributed by atoms with van der Waals surface area (Å²) in [6.07, 6.45) is 10.7. The Labute approximate surface area is 117 Å². The Morgan fingerprint density at radius 2 is 2.15 bits per heavy atom. The van der Waals surface area contributed by atoms with Crippen molar-refractivity contribution in [1.82, 2.24) is 24.4 Å². The van der Waals surface area contributed by atoms with Crippen LogP contribution in [0.5, 0.6) is 0 Å². The Kier molecular flexibility index (Phi) is 3.45. The molecule has 20 heavy (non-hydrogen) atoms. The Bertz CT molecular complexity index is 595. The van der Waals surface area contributed by atoms with Crippen molar-refractivity contribution in [2.45, 2.75) is 25.7 Å². The zero-order valence-corrected chi connectivity index (χ0v) is 11.4. The number of hydrogen-bond acceptors (Lipinski definition) is 4. The molecule has 2 aromatic rings. The molecule has 1 fully saturated rings. The quantitative estimate of drug-likeness (QED) is 0.828. The van der Waals surface area contributed by atoms with Gasteiger partial charge in [0.05, 0.1) is 5.69 Å². The van der Waals surface area contributed by atoms with Gasteiger partial charge in [-0.15, -0.1) is 0 Å². The summed E-state index contributed by atoms with van der Waals surface area (Å²) in [6.45, 7) is 3.18. The first-order valence-corrected chi connectivity index (χ1v) is 6.80. The van der Waals surface area contributed by atoms with Crippen LogP contribution in [0.1, 0.15) is 31.4 Å². The minimum Gasteiger partial charge on any atom is -0.342 e. The molecule has 104 valence electrons. The molecule has 6 heteroatoms. The summed E-state index contributed by atoms with van der Waals surface area (Å²) in [5.74, 6) is 1.17. The summed E-state index contributed by atoms with van der Waals surface area (Å²) in [5.41, 5.74) is 0.941. The van der Waals surface area contributed by atoms with E-state index in [4.69, 9.17) is 0 Å². The van der Waals surface area contributed by atoms with Gasteiger partial charge < -0.3 is 4.90 Å². The highest BCUT2D eigenvalue weighted by atomic mass is 16.2. The number of carbonyl (C=O) groups is 1. The van der Waals surface area contributed by atoms with Crippen molar-refractivity contribution >= 4 is 5.91 Å². The lowest BCUT2D eigenvalue weighted by Crippen LogP contribution is -2.38. The van der Waals surface area contributed by atoms with Gasteiger partial charge in [0.1, 0.15) is 6.33 Å². The molecule has 1 aliphatic heterocycles. The third kappa shape index (κ3) is 2.41. The van der Waals surface area contributed by atoms with Gasteiger partial charge in [-0.1, -0.05) is 0 Å². The third-order valence-corrected chi connectivity index (χ3v) is 3.71. The first-order chi connectivity index (χ1) is 9.75. The van der Waals surface area contributed by atoms with E-state index in [1.165, 1.54) is 0 Å². The van der Waals surface area contributed by atoms with Crippen molar-refractivity contribution in [1.29, 1.82) is 0 Å². The van der Waals surface area contributed by atoms with Gasteiger partial charge in [0.2, 0.25) is 5.91 Å². The predicted octanol–water partition coefficient (Wildman–Crippen LogP) is 1.39. The second kappa shape index (κ2) is 5.40. The van der Waals surface area contributed by atoms with Gasteiger partial charge in [-0.05, 0) is 12.8 Å². The monoisotopic (exact) mass is 271 g/mol. The minimum absolute atomic E-state index is 0.128. The average Bonchev–Trinajstić information content (AvgIpc) is 3.01. The molecule has 1 aliphatic rings. The zero-order chi connectivity index (χ0) is 13.9. The summed E-state index contributed by atoms with van der Waals surface area (Å²) < 4.78 is 1.87. The van der Waals surface area contributed by atoms with Crippen LogP contribution < -0.4 is 0 Å². The Morgan fingerprint density at radius 1 is 1.30 bits per heavy atom. The maximum Gasteiger partial charge on any atom is 0.219 e. The van der Waals surface area contributed by atoms with Crippen LogP contribution in [0.2, 0.25) is 0 Å². The van der Waals surface area contributed by atoms with Gasteiger partial charge in [-0.3, -0.25) is 14.3 Å². The molecule has 1 saturated heterocycles. The van der Waals surface area contributed by atoms with Crippen molar-refractivity contribution in [3.05, 3.63) is 36.8 Å². The fourth-order valence-electron chi connectivity index (χ4n) is 2.70. The van der Waals surface area contributed by atoms with Crippen LogP contribution in [0.25, 0.3) is 5.82 Å². The molecule has 3 heterocycles. The van der Waals surface area contributed by atoms with E-state index in [1.807, 2.05) is 15.7 Å².